The van der Waals surface area contributed by atoms with Crippen LogP contribution >= 0.6 is 0 Å². The van der Waals surface area contributed by atoms with E-state index in [1.54, 1.807) is 18.2 Å². The zero-order valence-corrected chi connectivity index (χ0v) is 10.4. The van der Waals surface area contributed by atoms with Crippen molar-refractivity contribution in [3.05, 3.63) is 47.4 Å². The molecule has 0 aliphatic carbocycles. The minimum absolute atomic E-state index is 0.215. The monoisotopic (exact) mass is 249 g/mol. The lowest BCUT2D eigenvalue weighted by Crippen LogP contribution is -2.17. The van der Waals surface area contributed by atoms with Gasteiger partial charge in [0.2, 0.25) is 5.89 Å². The van der Waals surface area contributed by atoms with Gasteiger partial charge in [-0.15, -0.1) is 0 Å². The molecule has 96 valence electrons. The van der Waals surface area contributed by atoms with Crippen LogP contribution in [0.5, 0.6) is 0 Å². The SMILES string of the molecule is CC(C)[C@H](N)c1nc(Cc2ccccc2F)no1. The first kappa shape index (κ1) is 12.7. The third-order valence-electron chi connectivity index (χ3n) is 2.79. The smallest absolute Gasteiger partial charge is 0.243 e. The van der Waals surface area contributed by atoms with Gasteiger partial charge >= 0.3 is 0 Å². The van der Waals surface area contributed by atoms with Gasteiger partial charge in [-0.05, 0) is 17.5 Å². The molecule has 0 amide bonds. The van der Waals surface area contributed by atoms with Crippen LogP contribution in [0.2, 0.25) is 0 Å². The Hall–Kier alpha value is -1.75. The van der Waals surface area contributed by atoms with Gasteiger partial charge in [0.1, 0.15) is 5.82 Å². The van der Waals surface area contributed by atoms with E-state index in [0.717, 1.165) is 0 Å². The van der Waals surface area contributed by atoms with Crippen molar-refractivity contribution >= 4 is 0 Å². The molecule has 5 heteroatoms. The molecule has 0 unspecified atom stereocenters. The molecule has 0 aliphatic heterocycles. The molecule has 0 spiro atoms. The van der Waals surface area contributed by atoms with Crippen molar-refractivity contribution in [2.75, 3.05) is 0 Å². The van der Waals surface area contributed by atoms with Gasteiger partial charge in [0.25, 0.3) is 0 Å². The molecule has 1 atom stereocenters. The van der Waals surface area contributed by atoms with Crippen LogP contribution in [-0.4, -0.2) is 10.1 Å². The predicted octanol–water partition coefficient (Wildman–Crippen LogP) is 2.46. The van der Waals surface area contributed by atoms with Crippen molar-refractivity contribution < 1.29 is 8.91 Å². The summed E-state index contributed by atoms with van der Waals surface area (Å²) >= 11 is 0. The van der Waals surface area contributed by atoms with Crippen molar-refractivity contribution in [1.82, 2.24) is 10.1 Å². The molecule has 2 rings (SSSR count). The van der Waals surface area contributed by atoms with Crippen LogP contribution in [0.25, 0.3) is 0 Å². The Bertz CT molecular complexity index is 524. The van der Waals surface area contributed by atoms with E-state index in [9.17, 15) is 4.39 Å². The largest absolute Gasteiger partial charge is 0.338 e. The average Bonchev–Trinajstić information content (AvgIpc) is 2.79. The number of halogens is 1. The van der Waals surface area contributed by atoms with Crippen LogP contribution in [0.4, 0.5) is 4.39 Å². The molecule has 0 aliphatic rings. The summed E-state index contributed by atoms with van der Waals surface area (Å²) < 4.78 is 18.5. The van der Waals surface area contributed by atoms with Gasteiger partial charge in [-0.1, -0.05) is 37.2 Å². The van der Waals surface area contributed by atoms with Crippen LogP contribution in [0, 0.1) is 11.7 Å². The fraction of sp³-hybridized carbons (Fsp3) is 0.385. The molecule has 18 heavy (non-hydrogen) atoms. The first-order valence-electron chi connectivity index (χ1n) is 5.89. The van der Waals surface area contributed by atoms with E-state index in [2.05, 4.69) is 10.1 Å². The van der Waals surface area contributed by atoms with Crippen molar-refractivity contribution in [3.8, 4) is 0 Å². The lowest BCUT2D eigenvalue weighted by Gasteiger charge is -2.09. The maximum absolute atomic E-state index is 13.5. The highest BCUT2D eigenvalue weighted by Gasteiger charge is 2.18. The summed E-state index contributed by atoms with van der Waals surface area (Å²) in [4.78, 5) is 4.20. The zero-order chi connectivity index (χ0) is 13.1. The Balaban J connectivity index is 2.14. The summed E-state index contributed by atoms with van der Waals surface area (Å²) in [5.41, 5.74) is 6.45. The predicted molar refractivity (Wildman–Crippen MR) is 65.3 cm³/mol. The van der Waals surface area contributed by atoms with E-state index in [1.165, 1.54) is 6.07 Å². The minimum Gasteiger partial charge on any atom is -0.338 e. The second-order valence-corrected chi connectivity index (χ2v) is 4.59. The van der Waals surface area contributed by atoms with Crippen LogP contribution in [0.15, 0.2) is 28.8 Å². The van der Waals surface area contributed by atoms with E-state index >= 15 is 0 Å². The Labute approximate surface area is 105 Å². The maximum atomic E-state index is 13.5. The highest BCUT2D eigenvalue weighted by molar-refractivity contribution is 5.20. The van der Waals surface area contributed by atoms with E-state index < -0.39 is 0 Å². The van der Waals surface area contributed by atoms with Crippen molar-refractivity contribution in [3.63, 3.8) is 0 Å². The van der Waals surface area contributed by atoms with Crippen LogP contribution in [-0.2, 0) is 6.42 Å². The fourth-order valence-electron chi connectivity index (χ4n) is 1.57. The third-order valence-corrected chi connectivity index (χ3v) is 2.79. The summed E-state index contributed by atoms with van der Waals surface area (Å²) in [5, 5.41) is 3.82. The van der Waals surface area contributed by atoms with Crippen molar-refractivity contribution in [2.24, 2.45) is 11.7 Å². The number of nitrogens with zero attached hydrogens (tertiary/aromatic N) is 2. The van der Waals surface area contributed by atoms with Crippen molar-refractivity contribution in [2.45, 2.75) is 26.3 Å². The minimum atomic E-state index is -0.285. The molecule has 0 fully saturated rings. The molecule has 2 N–H and O–H groups in total. The number of nitrogens with two attached hydrogens (primary N) is 1. The first-order valence-corrected chi connectivity index (χ1v) is 5.89. The van der Waals surface area contributed by atoms with Gasteiger partial charge in [-0.25, -0.2) is 4.39 Å². The van der Waals surface area contributed by atoms with Gasteiger partial charge in [-0.3, -0.25) is 0 Å². The van der Waals surface area contributed by atoms with E-state index in [4.69, 9.17) is 10.3 Å². The molecule has 1 heterocycles. The standard InChI is InChI=1S/C13H16FN3O/c1-8(2)12(15)13-16-11(17-18-13)7-9-5-3-4-6-10(9)14/h3-6,8,12H,7,15H2,1-2H3/t12-/m0/s1. The Morgan fingerprint density at radius 3 is 2.72 bits per heavy atom. The quantitative estimate of drug-likeness (QED) is 0.904. The molecular formula is C13H16FN3O. The molecule has 0 bridgehead atoms. The number of hydrogen-bond acceptors (Lipinski definition) is 4. The number of benzene rings is 1. The topological polar surface area (TPSA) is 64.9 Å². The van der Waals surface area contributed by atoms with Crippen molar-refractivity contribution in [1.29, 1.82) is 0 Å². The fourth-order valence-corrected chi connectivity index (χ4v) is 1.57. The number of hydrogen-bond donors (Lipinski definition) is 1. The summed E-state index contributed by atoms with van der Waals surface area (Å²) in [7, 11) is 0. The van der Waals surface area contributed by atoms with Gasteiger partial charge in [-0.2, -0.15) is 4.98 Å². The van der Waals surface area contributed by atoms with E-state index in [0.29, 0.717) is 23.7 Å². The Morgan fingerprint density at radius 2 is 2.06 bits per heavy atom. The molecule has 1 aromatic carbocycles. The molecule has 0 saturated heterocycles. The Morgan fingerprint density at radius 1 is 1.33 bits per heavy atom. The first-order chi connectivity index (χ1) is 8.58. The average molecular weight is 249 g/mol. The summed E-state index contributed by atoms with van der Waals surface area (Å²) in [6, 6.07) is 6.25. The molecule has 4 nitrogen and oxygen atoms in total. The summed E-state index contributed by atoms with van der Waals surface area (Å²) in [6.45, 7) is 3.96. The summed E-state index contributed by atoms with van der Waals surface area (Å²) in [6.07, 6.45) is 0.307. The molecule has 2 aromatic rings. The van der Waals surface area contributed by atoms with Crippen LogP contribution < -0.4 is 5.73 Å². The van der Waals surface area contributed by atoms with Gasteiger partial charge < -0.3 is 10.3 Å². The Kier molecular flexibility index (Phi) is 3.72. The zero-order valence-electron chi connectivity index (χ0n) is 10.4. The van der Waals surface area contributed by atoms with Crippen LogP contribution in [0.3, 0.4) is 0 Å². The van der Waals surface area contributed by atoms with Gasteiger partial charge in [0.05, 0.1) is 6.04 Å². The number of rotatable bonds is 4. The summed E-state index contributed by atoms with van der Waals surface area (Å²) in [5.74, 6) is 0.798. The third kappa shape index (κ3) is 2.73. The highest BCUT2D eigenvalue weighted by atomic mass is 19.1. The second-order valence-electron chi connectivity index (χ2n) is 4.59. The van der Waals surface area contributed by atoms with E-state index in [-0.39, 0.29) is 17.8 Å². The molecule has 0 saturated carbocycles. The number of aromatic nitrogens is 2. The normalized spacial score (nSPS) is 12.9. The van der Waals surface area contributed by atoms with Gasteiger partial charge in [0, 0.05) is 6.42 Å². The maximum Gasteiger partial charge on any atom is 0.243 e. The molecule has 1 aromatic heterocycles. The van der Waals surface area contributed by atoms with E-state index in [1.807, 2.05) is 13.8 Å². The molecular weight excluding hydrogens is 233 g/mol. The second kappa shape index (κ2) is 5.27. The van der Waals surface area contributed by atoms with Crippen LogP contribution in [0.1, 0.15) is 37.2 Å². The lowest BCUT2D eigenvalue weighted by atomic mass is 10.1. The highest BCUT2D eigenvalue weighted by Crippen LogP contribution is 2.18. The lowest BCUT2D eigenvalue weighted by molar-refractivity contribution is 0.322. The van der Waals surface area contributed by atoms with Gasteiger partial charge in [0.15, 0.2) is 5.82 Å². The molecule has 0 radical (unpaired) electrons.